The van der Waals surface area contributed by atoms with Crippen molar-refractivity contribution in [1.82, 2.24) is 9.80 Å². The summed E-state index contributed by atoms with van der Waals surface area (Å²) in [5.41, 5.74) is 2.16. The van der Waals surface area contributed by atoms with Crippen LogP contribution in [0.15, 0.2) is 24.3 Å². The van der Waals surface area contributed by atoms with Crippen LogP contribution in [0.5, 0.6) is 0 Å². The van der Waals surface area contributed by atoms with Gasteiger partial charge in [0.1, 0.15) is 6.54 Å². The van der Waals surface area contributed by atoms with Gasteiger partial charge in [0.25, 0.3) is 5.91 Å². The number of benzene rings is 1. The molecule has 4 nitrogen and oxygen atoms in total. The summed E-state index contributed by atoms with van der Waals surface area (Å²) >= 11 is 0. The van der Waals surface area contributed by atoms with Gasteiger partial charge in [0, 0.05) is 6.04 Å². The highest BCUT2D eigenvalue weighted by molar-refractivity contribution is 6.02. The van der Waals surface area contributed by atoms with Gasteiger partial charge in [-0.3, -0.25) is 9.69 Å². The molecule has 1 aliphatic heterocycles. The summed E-state index contributed by atoms with van der Waals surface area (Å²) in [5.74, 6) is -0.0663. The lowest BCUT2D eigenvalue weighted by molar-refractivity contribution is -0.125. The van der Waals surface area contributed by atoms with Gasteiger partial charge in [0.05, 0.1) is 6.54 Å². The van der Waals surface area contributed by atoms with E-state index in [9.17, 15) is 9.59 Å². The first-order valence-electron chi connectivity index (χ1n) is 7.31. The fraction of sp³-hybridized carbons (Fsp3) is 0.500. The van der Waals surface area contributed by atoms with Gasteiger partial charge in [-0.15, -0.1) is 0 Å². The van der Waals surface area contributed by atoms with Crippen LogP contribution in [0.3, 0.4) is 0 Å². The Kier molecular flexibility index (Phi) is 3.47. The van der Waals surface area contributed by atoms with Crippen LogP contribution in [0.2, 0.25) is 0 Å². The molecule has 1 saturated carbocycles. The van der Waals surface area contributed by atoms with E-state index < -0.39 is 0 Å². The molecule has 1 saturated heterocycles. The molecule has 2 fully saturated rings. The molecule has 1 aliphatic carbocycles. The van der Waals surface area contributed by atoms with Crippen molar-refractivity contribution < 1.29 is 9.59 Å². The number of hydrogen-bond donors (Lipinski definition) is 0. The van der Waals surface area contributed by atoms with E-state index in [-0.39, 0.29) is 24.5 Å². The monoisotopic (exact) mass is 272 g/mol. The molecule has 0 unspecified atom stereocenters. The second kappa shape index (κ2) is 5.27. The number of nitrogens with zero attached hydrogens (tertiary/aromatic N) is 2. The van der Waals surface area contributed by atoms with Crippen molar-refractivity contribution in [2.24, 2.45) is 0 Å². The molecule has 1 aromatic carbocycles. The molecule has 0 radical (unpaired) electrons. The van der Waals surface area contributed by atoms with Gasteiger partial charge < -0.3 is 4.90 Å². The van der Waals surface area contributed by atoms with Gasteiger partial charge in [0.2, 0.25) is 0 Å². The zero-order valence-electron chi connectivity index (χ0n) is 11.8. The second-order valence-electron chi connectivity index (χ2n) is 5.82. The molecule has 0 spiro atoms. The Balaban J connectivity index is 1.73. The zero-order valence-corrected chi connectivity index (χ0v) is 11.8. The summed E-state index contributed by atoms with van der Waals surface area (Å²) < 4.78 is 0. The number of hydrogen-bond acceptors (Lipinski definition) is 2. The Morgan fingerprint density at radius 1 is 1.20 bits per heavy atom. The number of carbonyl (C=O) groups excluding carboxylic acids is 2. The molecular formula is C16H20N2O2. The summed E-state index contributed by atoms with van der Waals surface area (Å²) in [6, 6.07) is 8.13. The van der Waals surface area contributed by atoms with Crippen molar-refractivity contribution in [2.45, 2.75) is 45.2 Å². The van der Waals surface area contributed by atoms with E-state index in [2.05, 4.69) is 0 Å². The van der Waals surface area contributed by atoms with Crippen LogP contribution in [0, 0.1) is 6.92 Å². The van der Waals surface area contributed by atoms with Crippen LogP contribution < -0.4 is 0 Å². The molecule has 0 atom stereocenters. The maximum Gasteiger partial charge on any atom is 0.327 e. The smallest absolute Gasteiger partial charge is 0.312 e. The molecule has 4 heteroatoms. The first kappa shape index (κ1) is 13.2. The third-order valence-electron chi connectivity index (χ3n) is 4.27. The van der Waals surface area contributed by atoms with Gasteiger partial charge in [-0.25, -0.2) is 4.79 Å². The fourth-order valence-electron chi connectivity index (χ4n) is 3.21. The third kappa shape index (κ3) is 2.42. The number of urea groups is 1. The molecular weight excluding hydrogens is 252 g/mol. The third-order valence-corrected chi connectivity index (χ3v) is 4.27. The van der Waals surface area contributed by atoms with E-state index in [0.29, 0.717) is 6.54 Å². The SMILES string of the molecule is Cc1cccc(CN2C(=O)CN(C3CCCC3)C2=O)c1. The minimum atomic E-state index is -0.108. The summed E-state index contributed by atoms with van der Waals surface area (Å²) in [4.78, 5) is 27.7. The maximum absolute atomic E-state index is 12.4. The first-order chi connectivity index (χ1) is 9.65. The largest absolute Gasteiger partial charge is 0.327 e. The van der Waals surface area contributed by atoms with Crippen LogP contribution in [0.4, 0.5) is 4.79 Å². The van der Waals surface area contributed by atoms with Crippen molar-refractivity contribution in [3.8, 4) is 0 Å². The van der Waals surface area contributed by atoms with Crippen LogP contribution in [-0.2, 0) is 11.3 Å². The summed E-state index contributed by atoms with van der Waals surface area (Å²) in [5, 5.41) is 0. The van der Waals surface area contributed by atoms with Crippen molar-refractivity contribution in [3.63, 3.8) is 0 Å². The second-order valence-corrected chi connectivity index (χ2v) is 5.82. The van der Waals surface area contributed by atoms with Gasteiger partial charge in [-0.05, 0) is 25.3 Å². The maximum atomic E-state index is 12.4. The molecule has 20 heavy (non-hydrogen) atoms. The lowest BCUT2D eigenvalue weighted by Gasteiger charge is -2.23. The number of amides is 3. The molecule has 0 aromatic heterocycles. The average molecular weight is 272 g/mol. The van der Waals surface area contributed by atoms with E-state index in [1.54, 1.807) is 4.90 Å². The van der Waals surface area contributed by atoms with E-state index in [1.165, 1.54) is 17.7 Å². The van der Waals surface area contributed by atoms with Crippen LogP contribution >= 0.6 is 0 Å². The Hall–Kier alpha value is -1.84. The standard InChI is InChI=1S/C16H20N2O2/c1-12-5-4-6-13(9-12)10-18-15(19)11-17(16(18)20)14-7-2-3-8-14/h4-6,9,14H,2-3,7-8,10-11H2,1H3. The predicted molar refractivity (Wildman–Crippen MR) is 76.1 cm³/mol. The Bertz CT molecular complexity index is 535. The molecule has 3 amide bonds. The van der Waals surface area contributed by atoms with Crippen LogP contribution in [-0.4, -0.2) is 34.3 Å². The Morgan fingerprint density at radius 3 is 2.65 bits per heavy atom. The minimum absolute atomic E-state index is 0.0663. The first-order valence-corrected chi connectivity index (χ1v) is 7.31. The number of carbonyl (C=O) groups is 2. The van der Waals surface area contributed by atoms with E-state index in [4.69, 9.17) is 0 Å². The molecule has 0 bridgehead atoms. The van der Waals surface area contributed by atoms with Crippen LogP contribution in [0.1, 0.15) is 36.8 Å². The van der Waals surface area contributed by atoms with Crippen molar-refractivity contribution in [2.75, 3.05) is 6.54 Å². The highest BCUT2D eigenvalue weighted by Gasteiger charge is 2.40. The Labute approximate surface area is 119 Å². The molecule has 106 valence electrons. The van der Waals surface area contributed by atoms with Gasteiger partial charge in [-0.2, -0.15) is 0 Å². The zero-order chi connectivity index (χ0) is 14.1. The quantitative estimate of drug-likeness (QED) is 0.794. The average Bonchev–Trinajstić information content (AvgIpc) is 3.02. The summed E-state index contributed by atoms with van der Waals surface area (Å²) in [6.07, 6.45) is 4.41. The molecule has 2 aliphatic rings. The minimum Gasteiger partial charge on any atom is -0.312 e. The van der Waals surface area contributed by atoms with Gasteiger partial charge >= 0.3 is 6.03 Å². The highest BCUT2D eigenvalue weighted by atomic mass is 16.2. The summed E-state index contributed by atoms with van der Waals surface area (Å²) in [7, 11) is 0. The number of aryl methyl sites for hydroxylation is 1. The van der Waals surface area contributed by atoms with Crippen LogP contribution in [0.25, 0.3) is 0 Å². The Morgan fingerprint density at radius 2 is 1.95 bits per heavy atom. The number of rotatable bonds is 3. The lowest BCUT2D eigenvalue weighted by Crippen LogP contribution is -2.37. The van der Waals surface area contributed by atoms with Crippen molar-refractivity contribution >= 4 is 11.9 Å². The summed E-state index contributed by atoms with van der Waals surface area (Å²) in [6.45, 7) is 2.67. The topological polar surface area (TPSA) is 40.6 Å². The van der Waals surface area contributed by atoms with E-state index in [0.717, 1.165) is 24.0 Å². The van der Waals surface area contributed by atoms with Crippen molar-refractivity contribution in [3.05, 3.63) is 35.4 Å². The molecule has 3 rings (SSSR count). The van der Waals surface area contributed by atoms with E-state index in [1.807, 2.05) is 31.2 Å². The van der Waals surface area contributed by atoms with E-state index >= 15 is 0 Å². The predicted octanol–water partition coefficient (Wildman–Crippen LogP) is 2.70. The number of imide groups is 1. The molecule has 1 heterocycles. The molecule has 0 N–H and O–H groups in total. The molecule has 1 aromatic rings. The normalized spacial score (nSPS) is 20.2. The highest BCUT2D eigenvalue weighted by Crippen LogP contribution is 2.27. The van der Waals surface area contributed by atoms with Crippen molar-refractivity contribution in [1.29, 1.82) is 0 Å². The van der Waals surface area contributed by atoms with Gasteiger partial charge in [0.15, 0.2) is 0 Å². The lowest BCUT2D eigenvalue weighted by atomic mass is 10.1. The fourth-order valence-corrected chi connectivity index (χ4v) is 3.21. The van der Waals surface area contributed by atoms with Gasteiger partial charge in [-0.1, -0.05) is 42.7 Å².